The van der Waals surface area contributed by atoms with Crippen LogP contribution in [-0.2, 0) is 4.79 Å². The summed E-state index contributed by atoms with van der Waals surface area (Å²) in [6, 6.07) is 14.0. The van der Waals surface area contributed by atoms with Crippen molar-refractivity contribution in [3.8, 4) is 10.4 Å². The molecule has 0 fully saturated rings. The van der Waals surface area contributed by atoms with Crippen molar-refractivity contribution in [2.24, 2.45) is 0 Å². The van der Waals surface area contributed by atoms with E-state index in [1.54, 1.807) is 42.6 Å². The van der Waals surface area contributed by atoms with Gasteiger partial charge >= 0.3 is 0 Å². The Labute approximate surface area is 158 Å². The van der Waals surface area contributed by atoms with Crippen LogP contribution in [0, 0.1) is 0 Å². The quantitative estimate of drug-likeness (QED) is 0.689. The molecule has 4 rings (SSSR count). The van der Waals surface area contributed by atoms with Crippen LogP contribution >= 0.6 is 11.5 Å². The second-order valence-corrected chi connectivity index (χ2v) is 6.75. The zero-order chi connectivity index (χ0) is 18.8. The molecule has 1 aromatic heterocycles. The summed E-state index contributed by atoms with van der Waals surface area (Å²) in [7, 11) is 0. The van der Waals surface area contributed by atoms with Gasteiger partial charge in [-0.1, -0.05) is 28.8 Å². The molecule has 0 saturated carbocycles. The molecule has 1 N–H and O–H groups in total. The van der Waals surface area contributed by atoms with Gasteiger partial charge in [0.2, 0.25) is 5.91 Å². The van der Waals surface area contributed by atoms with Crippen molar-refractivity contribution in [1.82, 2.24) is 14.5 Å². The highest BCUT2D eigenvalue weighted by Gasteiger charge is 2.34. The van der Waals surface area contributed by atoms with Crippen molar-refractivity contribution in [3.05, 3.63) is 65.9 Å². The molecule has 2 heterocycles. The van der Waals surface area contributed by atoms with Gasteiger partial charge in [-0.3, -0.25) is 19.3 Å². The van der Waals surface area contributed by atoms with E-state index >= 15 is 0 Å². The van der Waals surface area contributed by atoms with E-state index in [1.165, 1.54) is 11.5 Å². The van der Waals surface area contributed by atoms with Crippen LogP contribution in [0.25, 0.3) is 10.4 Å². The fourth-order valence-electron chi connectivity index (χ4n) is 2.89. The largest absolute Gasteiger partial charge is 0.326 e. The molecule has 27 heavy (non-hydrogen) atoms. The average Bonchev–Trinajstić information content (AvgIpc) is 3.30. The third-order valence-electron chi connectivity index (χ3n) is 4.26. The molecule has 134 valence electrons. The zero-order valence-electron chi connectivity index (χ0n) is 14.1. The van der Waals surface area contributed by atoms with Crippen LogP contribution in [0.5, 0.6) is 0 Å². The molecule has 1 aliphatic heterocycles. The molecule has 0 atom stereocenters. The lowest BCUT2D eigenvalue weighted by Crippen LogP contribution is -2.32. The monoisotopic (exact) mass is 378 g/mol. The Kier molecular flexibility index (Phi) is 4.47. The molecule has 8 heteroatoms. The Morgan fingerprint density at radius 3 is 2.26 bits per heavy atom. The van der Waals surface area contributed by atoms with Crippen LogP contribution in [0.15, 0.2) is 54.7 Å². The molecule has 0 unspecified atom stereocenters. The van der Waals surface area contributed by atoms with Gasteiger partial charge in [0.05, 0.1) is 22.2 Å². The third-order valence-corrected chi connectivity index (χ3v) is 4.97. The molecule has 1 aliphatic rings. The smallest absolute Gasteiger partial charge is 0.261 e. The summed E-state index contributed by atoms with van der Waals surface area (Å²) in [5.74, 6) is -0.976. The van der Waals surface area contributed by atoms with Crippen molar-refractivity contribution in [2.75, 3.05) is 11.9 Å². The van der Waals surface area contributed by atoms with E-state index in [2.05, 4.69) is 14.9 Å². The molecule has 3 amide bonds. The average molecular weight is 378 g/mol. The van der Waals surface area contributed by atoms with E-state index in [0.29, 0.717) is 16.8 Å². The maximum absolute atomic E-state index is 12.3. The van der Waals surface area contributed by atoms with Crippen LogP contribution in [0.4, 0.5) is 5.69 Å². The van der Waals surface area contributed by atoms with E-state index in [9.17, 15) is 14.4 Å². The second-order valence-electron chi connectivity index (χ2n) is 5.96. The summed E-state index contributed by atoms with van der Waals surface area (Å²) in [5, 5.41) is 6.57. The molecule has 0 bridgehead atoms. The second kappa shape index (κ2) is 7.08. The highest BCUT2D eigenvalue weighted by atomic mass is 32.1. The van der Waals surface area contributed by atoms with Gasteiger partial charge in [0, 0.05) is 18.7 Å². The van der Waals surface area contributed by atoms with E-state index in [4.69, 9.17) is 0 Å². The minimum absolute atomic E-state index is 0.0337. The standard InChI is InChI=1S/C19H14N4O3S/c24-17(21-13-7-5-12(6-8-13)16-11-20-22-27-16)9-10-23-18(25)14-3-1-2-4-15(14)19(23)26/h1-8,11H,9-10H2,(H,21,24). The Bertz CT molecular complexity index is 981. The third kappa shape index (κ3) is 3.34. The van der Waals surface area contributed by atoms with Crippen molar-refractivity contribution in [1.29, 1.82) is 0 Å². The molecule has 0 radical (unpaired) electrons. The Balaban J connectivity index is 1.35. The Morgan fingerprint density at radius 1 is 1.00 bits per heavy atom. The lowest BCUT2D eigenvalue weighted by molar-refractivity contribution is -0.116. The molecule has 7 nitrogen and oxygen atoms in total. The molecule has 0 spiro atoms. The molecular weight excluding hydrogens is 364 g/mol. The van der Waals surface area contributed by atoms with Crippen LogP contribution in [-0.4, -0.2) is 38.8 Å². The number of hydrogen-bond donors (Lipinski definition) is 1. The molecule has 2 aromatic carbocycles. The first-order valence-corrected chi connectivity index (χ1v) is 9.04. The number of nitrogens with one attached hydrogen (secondary N) is 1. The number of fused-ring (bicyclic) bond motifs is 1. The molecule has 3 aromatic rings. The number of aromatic nitrogens is 2. The first-order valence-electron chi connectivity index (χ1n) is 8.26. The summed E-state index contributed by atoms with van der Waals surface area (Å²) in [6.07, 6.45) is 1.71. The summed E-state index contributed by atoms with van der Waals surface area (Å²) in [6.45, 7) is 0.0444. The maximum atomic E-state index is 12.3. The number of benzene rings is 2. The molecule has 0 saturated heterocycles. The van der Waals surface area contributed by atoms with Gasteiger partial charge in [-0.25, -0.2) is 0 Å². The number of carbonyl (C=O) groups excluding carboxylic acids is 3. The normalized spacial score (nSPS) is 13.0. The minimum atomic E-state index is -0.356. The predicted molar refractivity (Wildman–Crippen MR) is 100 cm³/mol. The molecular formula is C19H14N4O3S. The highest BCUT2D eigenvalue weighted by molar-refractivity contribution is 7.09. The van der Waals surface area contributed by atoms with Gasteiger partial charge in [-0.2, -0.15) is 0 Å². The summed E-state index contributed by atoms with van der Waals surface area (Å²) in [5.41, 5.74) is 2.38. The fourth-order valence-corrected chi connectivity index (χ4v) is 3.41. The van der Waals surface area contributed by atoms with Crippen LogP contribution in [0.2, 0.25) is 0 Å². The number of nitrogens with zero attached hydrogens (tertiary/aromatic N) is 3. The van der Waals surface area contributed by atoms with Crippen LogP contribution in [0.1, 0.15) is 27.1 Å². The van der Waals surface area contributed by atoms with Crippen LogP contribution in [0.3, 0.4) is 0 Å². The topological polar surface area (TPSA) is 92.3 Å². The van der Waals surface area contributed by atoms with Crippen molar-refractivity contribution < 1.29 is 14.4 Å². The van der Waals surface area contributed by atoms with Crippen LogP contribution < -0.4 is 5.32 Å². The first kappa shape index (κ1) is 17.0. The SMILES string of the molecule is O=C(CCN1C(=O)c2ccccc2C1=O)Nc1ccc(-c2cnns2)cc1. The van der Waals surface area contributed by atoms with Gasteiger partial charge in [-0.15, -0.1) is 5.10 Å². The zero-order valence-corrected chi connectivity index (χ0v) is 14.9. The number of hydrogen-bond acceptors (Lipinski definition) is 6. The summed E-state index contributed by atoms with van der Waals surface area (Å²) >= 11 is 1.30. The highest BCUT2D eigenvalue weighted by Crippen LogP contribution is 2.24. The molecule has 0 aliphatic carbocycles. The number of rotatable bonds is 5. The number of anilines is 1. The van der Waals surface area contributed by atoms with E-state index in [1.807, 2.05) is 12.1 Å². The van der Waals surface area contributed by atoms with E-state index in [-0.39, 0.29) is 30.7 Å². The van der Waals surface area contributed by atoms with Crippen molar-refractivity contribution in [3.63, 3.8) is 0 Å². The summed E-state index contributed by atoms with van der Waals surface area (Å²) < 4.78 is 3.82. The predicted octanol–water partition coefficient (Wildman–Crippen LogP) is 2.83. The maximum Gasteiger partial charge on any atom is 0.261 e. The van der Waals surface area contributed by atoms with Gasteiger partial charge in [0.25, 0.3) is 11.8 Å². The number of imide groups is 1. The lowest BCUT2D eigenvalue weighted by atomic mass is 10.1. The fraction of sp³-hybridized carbons (Fsp3) is 0.105. The van der Waals surface area contributed by atoms with Gasteiger partial charge in [-0.05, 0) is 41.4 Å². The van der Waals surface area contributed by atoms with Gasteiger partial charge < -0.3 is 5.32 Å². The van der Waals surface area contributed by atoms with E-state index in [0.717, 1.165) is 15.3 Å². The Hall–Kier alpha value is -3.39. The summed E-state index contributed by atoms with van der Waals surface area (Å²) in [4.78, 5) is 38.8. The number of amides is 3. The van der Waals surface area contributed by atoms with Crippen molar-refractivity contribution in [2.45, 2.75) is 6.42 Å². The first-order chi connectivity index (χ1) is 13.1. The van der Waals surface area contributed by atoms with Gasteiger partial charge in [0.1, 0.15) is 0 Å². The Morgan fingerprint density at radius 2 is 1.67 bits per heavy atom. The number of carbonyl (C=O) groups is 3. The minimum Gasteiger partial charge on any atom is -0.326 e. The van der Waals surface area contributed by atoms with Gasteiger partial charge in [0.15, 0.2) is 0 Å². The van der Waals surface area contributed by atoms with Crippen molar-refractivity contribution >= 4 is 34.9 Å². The lowest BCUT2D eigenvalue weighted by Gasteiger charge is -2.13. The van der Waals surface area contributed by atoms with E-state index < -0.39 is 0 Å².